The van der Waals surface area contributed by atoms with E-state index in [1.54, 1.807) is 0 Å². The minimum Gasteiger partial charge on any atom is -0.482 e. The van der Waals surface area contributed by atoms with Crippen molar-refractivity contribution in [3.63, 3.8) is 0 Å². The van der Waals surface area contributed by atoms with Crippen molar-refractivity contribution in [2.45, 2.75) is 13.2 Å². The van der Waals surface area contributed by atoms with E-state index in [1.165, 1.54) is 67.8 Å². The van der Waals surface area contributed by atoms with Gasteiger partial charge in [-0.3, -0.25) is 29.9 Å². The van der Waals surface area contributed by atoms with Crippen LogP contribution in [0.15, 0.2) is 64.7 Å². The fourth-order valence-corrected chi connectivity index (χ4v) is 3.53. The van der Waals surface area contributed by atoms with Gasteiger partial charge >= 0.3 is 17.7 Å². The fourth-order valence-electron chi connectivity index (χ4n) is 3.53. The van der Waals surface area contributed by atoms with E-state index in [0.717, 1.165) is 4.90 Å². The molecule has 14 nitrogen and oxygen atoms in total. The molecule has 14 heteroatoms. The predicted octanol–water partition coefficient (Wildman–Crippen LogP) is 3.55. The Morgan fingerprint density at radius 3 is 2.45 bits per heavy atom. The first kappa shape index (κ1) is 25.6. The minimum absolute atomic E-state index is 0.100. The van der Waals surface area contributed by atoms with Crippen molar-refractivity contribution in [1.29, 1.82) is 0 Å². The normalized spacial score (nSPS) is 13.9. The number of hydrogen-bond donors (Lipinski definition) is 1. The topological polar surface area (TPSA) is 184 Å². The summed E-state index contributed by atoms with van der Waals surface area (Å²) in [5.74, 6) is -1.58. The molecule has 0 unspecified atom stereocenters. The zero-order valence-corrected chi connectivity index (χ0v) is 19.6. The molecular formula is C24H18N4O10. The van der Waals surface area contributed by atoms with Crippen LogP contribution in [-0.2, 0) is 22.7 Å². The van der Waals surface area contributed by atoms with Gasteiger partial charge in [0.1, 0.15) is 18.1 Å². The van der Waals surface area contributed by atoms with E-state index in [-0.39, 0.29) is 53.1 Å². The van der Waals surface area contributed by atoms with E-state index in [0.29, 0.717) is 5.56 Å². The summed E-state index contributed by atoms with van der Waals surface area (Å²) >= 11 is 0. The van der Waals surface area contributed by atoms with Gasteiger partial charge in [0.25, 0.3) is 11.6 Å². The number of hydrogen-bond acceptors (Lipinski definition) is 10. The lowest BCUT2D eigenvalue weighted by atomic mass is 10.1. The van der Waals surface area contributed by atoms with Crippen molar-refractivity contribution in [2.75, 3.05) is 7.11 Å². The highest BCUT2D eigenvalue weighted by atomic mass is 16.6. The molecule has 0 radical (unpaired) electrons. The number of para-hydroxylation sites is 1. The molecule has 2 heterocycles. The van der Waals surface area contributed by atoms with Crippen molar-refractivity contribution >= 4 is 35.4 Å². The second-order valence-corrected chi connectivity index (χ2v) is 7.80. The number of imide groups is 1. The monoisotopic (exact) mass is 522 g/mol. The van der Waals surface area contributed by atoms with Crippen LogP contribution in [0.2, 0.25) is 0 Å². The van der Waals surface area contributed by atoms with Crippen LogP contribution in [-0.4, -0.2) is 39.8 Å². The Labute approximate surface area is 213 Å². The second-order valence-electron chi connectivity index (χ2n) is 7.80. The Morgan fingerprint density at radius 1 is 1.05 bits per heavy atom. The van der Waals surface area contributed by atoms with Crippen molar-refractivity contribution in [3.05, 3.63) is 103 Å². The van der Waals surface area contributed by atoms with Crippen LogP contribution in [0.4, 0.5) is 16.2 Å². The highest BCUT2D eigenvalue weighted by Crippen LogP contribution is 2.34. The lowest BCUT2D eigenvalue weighted by molar-refractivity contribution is -0.386. The highest BCUT2D eigenvalue weighted by Gasteiger charge is 2.35. The Kier molecular flexibility index (Phi) is 7.14. The van der Waals surface area contributed by atoms with Gasteiger partial charge in [0.05, 0.1) is 23.5 Å². The summed E-state index contributed by atoms with van der Waals surface area (Å²) in [6.45, 7) is -0.441. The standard InChI is InChI=1S/C24H18N4O10/c1-36-23(30)20-10-9-17(38-20)12-26-22(29)18(25-24(26)31)11-15-3-2-4-19(28(34)35)21(15)37-13-14-5-7-16(8-6-14)27(32)33/h2-11H,12-13H2,1H3,(H,25,31)/b18-11-. The van der Waals surface area contributed by atoms with Crippen molar-refractivity contribution < 1.29 is 38.1 Å². The number of methoxy groups -OCH3 is 1. The number of urea groups is 1. The zero-order chi connectivity index (χ0) is 27.4. The smallest absolute Gasteiger partial charge is 0.373 e. The first-order chi connectivity index (χ1) is 18.2. The number of ether oxygens (including phenoxy) is 2. The molecule has 194 valence electrons. The molecule has 2 aromatic carbocycles. The SMILES string of the molecule is COC(=O)c1ccc(CN2C(=O)N/C(=C\c3cccc([N+](=O)[O-])c3OCc3ccc([N+](=O)[O-])cc3)C2=O)o1. The molecule has 3 aromatic rings. The van der Waals surface area contributed by atoms with E-state index >= 15 is 0 Å². The van der Waals surface area contributed by atoms with Gasteiger partial charge in [0, 0.05) is 23.8 Å². The molecule has 1 N–H and O–H groups in total. The molecule has 0 saturated carbocycles. The maximum absolute atomic E-state index is 12.9. The number of nitrogens with zero attached hydrogens (tertiary/aromatic N) is 3. The molecular weight excluding hydrogens is 504 g/mol. The number of nitro benzene ring substituents is 2. The maximum Gasteiger partial charge on any atom is 0.373 e. The molecule has 0 spiro atoms. The van der Waals surface area contributed by atoms with E-state index in [2.05, 4.69) is 10.1 Å². The third-order valence-electron chi connectivity index (χ3n) is 5.38. The number of nitro groups is 2. The molecule has 38 heavy (non-hydrogen) atoms. The Morgan fingerprint density at radius 2 is 1.79 bits per heavy atom. The van der Waals surface area contributed by atoms with Crippen LogP contribution < -0.4 is 10.1 Å². The van der Waals surface area contributed by atoms with Gasteiger partial charge in [-0.15, -0.1) is 0 Å². The number of rotatable bonds is 9. The third-order valence-corrected chi connectivity index (χ3v) is 5.38. The molecule has 1 aromatic heterocycles. The lowest BCUT2D eigenvalue weighted by Gasteiger charge is -2.11. The van der Waals surface area contributed by atoms with Crippen LogP contribution >= 0.6 is 0 Å². The Bertz CT molecular complexity index is 1480. The molecule has 1 aliphatic heterocycles. The summed E-state index contributed by atoms with van der Waals surface area (Å²) < 4.78 is 15.6. The predicted molar refractivity (Wildman–Crippen MR) is 128 cm³/mol. The molecule has 1 saturated heterocycles. The molecule has 0 atom stereocenters. The summed E-state index contributed by atoms with van der Waals surface area (Å²) in [6, 6.07) is 11.5. The summed E-state index contributed by atoms with van der Waals surface area (Å²) in [7, 11) is 1.18. The molecule has 0 bridgehead atoms. The first-order valence-corrected chi connectivity index (χ1v) is 10.8. The molecule has 1 aliphatic rings. The average molecular weight is 522 g/mol. The second kappa shape index (κ2) is 10.6. The number of esters is 1. The van der Waals surface area contributed by atoms with Crippen LogP contribution in [0.25, 0.3) is 6.08 Å². The summed E-state index contributed by atoms with van der Waals surface area (Å²) in [5, 5.41) is 24.9. The van der Waals surface area contributed by atoms with Gasteiger partial charge in [0.15, 0.2) is 0 Å². The molecule has 1 fully saturated rings. The molecule has 0 aliphatic carbocycles. The van der Waals surface area contributed by atoms with Gasteiger partial charge in [-0.25, -0.2) is 9.59 Å². The van der Waals surface area contributed by atoms with E-state index < -0.39 is 27.8 Å². The van der Waals surface area contributed by atoms with E-state index in [9.17, 15) is 34.6 Å². The third kappa shape index (κ3) is 5.33. The molecule has 3 amide bonds. The maximum atomic E-state index is 12.9. The van der Waals surface area contributed by atoms with Gasteiger partial charge in [-0.1, -0.05) is 12.1 Å². The van der Waals surface area contributed by atoms with Gasteiger partial charge in [-0.2, -0.15) is 0 Å². The van der Waals surface area contributed by atoms with Crippen molar-refractivity contribution in [1.82, 2.24) is 10.2 Å². The largest absolute Gasteiger partial charge is 0.482 e. The van der Waals surface area contributed by atoms with Crippen LogP contribution in [0.3, 0.4) is 0 Å². The van der Waals surface area contributed by atoms with Gasteiger partial charge < -0.3 is 19.2 Å². The lowest BCUT2D eigenvalue weighted by Crippen LogP contribution is -2.30. The zero-order valence-electron chi connectivity index (χ0n) is 19.6. The Balaban J connectivity index is 1.57. The quantitative estimate of drug-likeness (QED) is 0.143. The van der Waals surface area contributed by atoms with E-state index in [4.69, 9.17) is 9.15 Å². The van der Waals surface area contributed by atoms with Crippen LogP contribution in [0, 0.1) is 20.2 Å². The summed E-state index contributed by atoms with van der Waals surface area (Å²) in [6.07, 6.45) is 1.24. The number of benzene rings is 2. The van der Waals surface area contributed by atoms with E-state index in [1.807, 2.05) is 0 Å². The highest BCUT2D eigenvalue weighted by molar-refractivity contribution is 6.14. The van der Waals surface area contributed by atoms with Crippen LogP contribution in [0.5, 0.6) is 5.75 Å². The Hall–Kier alpha value is -5.53. The number of furan rings is 1. The van der Waals surface area contributed by atoms with Crippen molar-refractivity contribution in [3.8, 4) is 5.75 Å². The van der Waals surface area contributed by atoms with Crippen molar-refractivity contribution in [2.24, 2.45) is 0 Å². The number of non-ortho nitro benzene ring substituents is 1. The minimum atomic E-state index is -0.768. The van der Waals surface area contributed by atoms with Crippen LogP contribution in [0.1, 0.15) is 27.4 Å². The number of amides is 3. The number of carbonyl (C=O) groups is 3. The average Bonchev–Trinajstić information content (AvgIpc) is 3.47. The summed E-state index contributed by atoms with van der Waals surface area (Å²) in [5.41, 5.74) is -0.0386. The fraction of sp³-hybridized carbons (Fsp3) is 0.125. The summed E-state index contributed by atoms with van der Waals surface area (Å²) in [4.78, 5) is 59.0. The molecule has 4 rings (SSSR count). The number of carbonyl (C=O) groups excluding carboxylic acids is 3. The van der Waals surface area contributed by atoms with Gasteiger partial charge in [0.2, 0.25) is 11.5 Å². The first-order valence-electron chi connectivity index (χ1n) is 10.8. The number of nitrogens with one attached hydrogen (secondary N) is 1. The van der Waals surface area contributed by atoms with Gasteiger partial charge in [-0.05, 0) is 35.9 Å².